The van der Waals surface area contributed by atoms with Gasteiger partial charge in [0.25, 0.3) is 5.91 Å². The number of rotatable bonds is 4. The highest BCUT2D eigenvalue weighted by atomic mass is 16.5. The predicted octanol–water partition coefficient (Wildman–Crippen LogP) is 2.50. The van der Waals surface area contributed by atoms with Crippen LogP contribution in [-0.2, 0) is 14.3 Å². The second-order valence-corrected chi connectivity index (χ2v) is 6.72. The van der Waals surface area contributed by atoms with Gasteiger partial charge in [-0.15, -0.1) is 0 Å². The van der Waals surface area contributed by atoms with E-state index in [2.05, 4.69) is 5.32 Å². The largest absolute Gasteiger partial charge is 0.496 e. The summed E-state index contributed by atoms with van der Waals surface area (Å²) < 4.78 is 10.8. The topological polar surface area (TPSA) is 67.9 Å². The van der Waals surface area contributed by atoms with Crippen molar-refractivity contribution >= 4 is 17.5 Å². The van der Waals surface area contributed by atoms with Gasteiger partial charge in [-0.05, 0) is 62.8 Å². The highest BCUT2D eigenvalue weighted by molar-refractivity contribution is 5.98. The van der Waals surface area contributed by atoms with Crippen molar-refractivity contribution in [2.24, 2.45) is 0 Å². The summed E-state index contributed by atoms with van der Waals surface area (Å²) >= 11 is 0. The average Bonchev–Trinajstić information content (AvgIpc) is 3.16. The zero-order valence-corrected chi connectivity index (χ0v) is 14.9. The van der Waals surface area contributed by atoms with Crippen molar-refractivity contribution in [2.45, 2.75) is 51.2 Å². The molecule has 6 heteroatoms. The Balaban J connectivity index is 1.70. The van der Waals surface area contributed by atoms with Gasteiger partial charge in [0.1, 0.15) is 17.9 Å². The van der Waals surface area contributed by atoms with Gasteiger partial charge in [0.2, 0.25) is 5.91 Å². The van der Waals surface area contributed by atoms with Crippen molar-refractivity contribution in [3.63, 3.8) is 0 Å². The molecule has 2 heterocycles. The van der Waals surface area contributed by atoms with Gasteiger partial charge in [0, 0.05) is 18.8 Å². The normalized spacial score (nSPS) is 23.4. The van der Waals surface area contributed by atoms with E-state index in [1.54, 1.807) is 12.0 Å². The number of benzene rings is 1. The Morgan fingerprint density at radius 2 is 2.08 bits per heavy atom. The molecule has 0 bridgehead atoms. The highest BCUT2D eigenvalue weighted by Gasteiger charge is 2.37. The lowest BCUT2D eigenvalue weighted by molar-refractivity contribution is -0.148. The number of piperidine rings is 1. The standard InChI is InChI=1S/C19H26N2O4/c1-13-12-14(8-9-16(13)24-2)20-18(22)15-6-3-4-10-21(15)19(23)17-7-5-11-25-17/h8-9,12,15,17H,3-7,10-11H2,1-2H3,(H,20,22)/t15-,17-/m1/s1. The van der Waals surface area contributed by atoms with E-state index in [0.29, 0.717) is 19.6 Å². The van der Waals surface area contributed by atoms with Gasteiger partial charge in [-0.1, -0.05) is 0 Å². The van der Waals surface area contributed by atoms with E-state index >= 15 is 0 Å². The van der Waals surface area contributed by atoms with E-state index < -0.39 is 6.04 Å². The number of carbonyl (C=O) groups is 2. The molecule has 0 aromatic heterocycles. The Kier molecular flexibility index (Phi) is 5.58. The van der Waals surface area contributed by atoms with Crippen LogP contribution in [0.15, 0.2) is 18.2 Å². The number of anilines is 1. The summed E-state index contributed by atoms with van der Waals surface area (Å²) in [7, 11) is 1.62. The van der Waals surface area contributed by atoms with Crippen molar-refractivity contribution in [2.75, 3.05) is 25.6 Å². The summed E-state index contributed by atoms with van der Waals surface area (Å²) in [4.78, 5) is 27.2. The van der Waals surface area contributed by atoms with E-state index in [1.807, 2.05) is 25.1 Å². The maximum Gasteiger partial charge on any atom is 0.252 e. The van der Waals surface area contributed by atoms with Crippen molar-refractivity contribution in [1.29, 1.82) is 0 Å². The van der Waals surface area contributed by atoms with Gasteiger partial charge >= 0.3 is 0 Å². The summed E-state index contributed by atoms with van der Waals surface area (Å²) in [6.07, 6.45) is 3.86. The Morgan fingerprint density at radius 1 is 1.24 bits per heavy atom. The third kappa shape index (κ3) is 3.95. The molecule has 2 aliphatic heterocycles. The molecule has 6 nitrogen and oxygen atoms in total. The number of aryl methyl sites for hydroxylation is 1. The monoisotopic (exact) mass is 346 g/mol. The summed E-state index contributed by atoms with van der Waals surface area (Å²) in [5, 5.41) is 2.95. The van der Waals surface area contributed by atoms with Crippen molar-refractivity contribution in [3.05, 3.63) is 23.8 Å². The summed E-state index contributed by atoms with van der Waals surface area (Å²) in [6, 6.07) is 5.11. The first-order chi connectivity index (χ1) is 12.1. The maximum absolute atomic E-state index is 12.8. The second-order valence-electron chi connectivity index (χ2n) is 6.72. The fraction of sp³-hybridized carbons (Fsp3) is 0.579. The minimum absolute atomic E-state index is 0.0386. The molecule has 2 saturated heterocycles. The first-order valence-corrected chi connectivity index (χ1v) is 8.97. The van der Waals surface area contributed by atoms with Crippen LogP contribution in [-0.4, -0.2) is 49.1 Å². The minimum atomic E-state index is -0.423. The van der Waals surface area contributed by atoms with Gasteiger partial charge in [-0.2, -0.15) is 0 Å². The molecule has 0 unspecified atom stereocenters. The lowest BCUT2D eigenvalue weighted by atomic mass is 10.00. The zero-order valence-electron chi connectivity index (χ0n) is 14.9. The van der Waals surface area contributed by atoms with Crippen LogP contribution >= 0.6 is 0 Å². The number of hydrogen-bond donors (Lipinski definition) is 1. The molecule has 25 heavy (non-hydrogen) atoms. The van der Waals surface area contributed by atoms with Crippen LogP contribution in [0.4, 0.5) is 5.69 Å². The van der Waals surface area contributed by atoms with Gasteiger partial charge in [0.05, 0.1) is 7.11 Å². The van der Waals surface area contributed by atoms with E-state index in [1.165, 1.54) is 0 Å². The molecule has 0 saturated carbocycles. The number of likely N-dealkylation sites (tertiary alicyclic amines) is 1. The van der Waals surface area contributed by atoms with E-state index in [0.717, 1.165) is 42.7 Å². The number of carbonyl (C=O) groups excluding carboxylic acids is 2. The molecule has 0 spiro atoms. The zero-order chi connectivity index (χ0) is 17.8. The van der Waals surface area contributed by atoms with Crippen molar-refractivity contribution in [1.82, 2.24) is 4.90 Å². The molecule has 2 aliphatic rings. The fourth-order valence-corrected chi connectivity index (χ4v) is 3.61. The van der Waals surface area contributed by atoms with Gasteiger partial charge in [0.15, 0.2) is 0 Å². The molecule has 0 aliphatic carbocycles. The quantitative estimate of drug-likeness (QED) is 0.909. The average molecular weight is 346 g/mol. The van der Waals surface area contributed by atoms with Crippen LogP contribution in [0.25, 0.3) is 0 Å². The van der Waals surface area contributed by atoms with E-state index in [9.17, 15) is 9.59 Å². The van der Waals surface area contributed by atoms with Crippen LogP contribution in [0, 0.1) is 6.92 Å². The van der Waals surface area contributed by atoms with Crippen molar-refractivity contribution in [3.8, 4) is 5.75 Å². The molecule has 136 valence electrons. The molecule has 1 aromatic carbocycles. The summed E-state index contributed by atoms with van der Waals surface area (Å²) in [6.45, 7) is 3.19. The number of methoxy groups -OCH3 is 1. The molecule has 2 fully saturated rings. The number of nitrogens with one attached hydrogen (secondary N) is 1. The van der Waals surface area contributed by atoms with Gasteiger partial charge in [-0.25, -0.2) is 0 Å². The lowest BCUT2D eigenvalue weighted by Gasteiger charge is -2.36. The van der Waals surface area contributed by atoms with Crippen molar-refractivity contribution < 1.29 is 19.1 Å². The van der Waals surface area contributed by atoms with Crippen LogP contribution in [0.1, 0.15) is 37.7 Å². The number of nitrogens with zero attached hydrogens (tertiary/aromatic N) is 1. The predicted molar refractivity (Wildman–Crippen MR) is 94.7 cm³/mol. The van der Waals surface area contributed by atoms with Crippen LogP contribution in [0.5, 0.6) is 5.75 Å². The first-order valence-electron chi connectivity index (χ1n) is 8.97. The molecular formula is C19H26N2O4. The van der Waals surface area contributed by atoms with Crippen LogP contribution in [0.3, 0.4) is 0 Å². The first kappa shape index (κ1) is 17.7. The Bertz CT molecular complexity index is 640. The summed E-state index contributed by atoms with van der Waals surface area (Å²) in [5.41, 5.74) is 1.68. The summed E-state index contributed by atoms with van der Waals surface area (Å²) in [5.74, 6) is 0.615. The van der Waals surface area contributed by atoms with E-state index in [-0.39, 0.29) is 17.9 Å². The third-order valence-corrected chi connectivity index (χ3v) is 4.96. The van der Waals surface area contributed by atoms with E-state index in [4.69, 9.17) is 9.47 Å². The Labute approximate surface area is 148 Å². The number of amides is 2. The SMILES string of the molecule is COc1ccc(NC(=O)[C@H]2CCCCN2C(=O)[C@H]2CCCO2)cc1C. The number of ether oxygens (including phenoxy) is 2. The van der Waals surface area contributed by atoms with Gasteiger partial charge < -0.3 is 19.7 Å². The lowest BCUT2D eigenvalue weighted by Crippen LogP contribution is -2.52. The molecule has 3 rings (SSSR count). The minimum Gasteiger partial charge on any atom is -0.496 e. The Hall–Kier alpha value is -2.08. The molecule has 1 N–H and O–H groups in total. The fourth-order valence-electron chi connectivity index (χ4n) is 3.61. The van der Waals surface area contributed by atoms with Gasteiger partial charge in [-0.3, -0.25) is 9.59 Å². The highest BCUT2D eigenvalue weighted by Crippen LogP contribution is 2.25. The van der Waals surface area contributed by atoms with Crippen LogP contribution in [0.2, 0.25) is 0 Å². The molecule has 2 amide bonds. The molecule has 2 atom stereocenters. The smallest absolute Gasteiger partial charge is 0.252 e. The molecular weight excluding hydrogens is 320 g/mol. The Morgan fingerprint density at radius 3 is 2.76 bits per heavy atom. The van der Waals surface area contributed by atoms with Crippen LogP contribution < -0.4 is 10.1 Å². The second kappa shape index (κ2) is 7.87. The maximum atomic E-state index is 12.8. The molecule has 1 aromatic rings. The number of hydrogen-bond acceptors (Lipinski definition) is 4. The third-order valence-electron chi connectivity index (χ3n) is 4.96. The molecule has 0 radical (unpaired) electrons.